The average molecular weight is 353 g/mol. The van der Waals surface area contributed by atoms with Gasteiger partial charge in [-0.1, -0.05) is 58.4 Å². The molecule has 108 valence electrons. The predicted molar refractivity (Wildman–Crippen MR) is 90.4 cm³/mol. The van der Waals surface area contributed by atoms with Crippen LogP contribution >= 0.6 is 15.9 Å². The molecule has 0 aliphatic carbocycles. The van der Waals surface area contributed by atoms with Gasteiger partial charge in [-0.3, -0.25) is 4.79 Å². The summed E-state index contributed by atoms with van der Waals surface area (Å²) in [6.07, 6.45) is 0.103. The minimum atomic E-state index is -0.261. The Morgan fingerprint density at radius 3 is 2.64 bits per heavy atom. The molecule has 0 amide bonds. The van der Waals surface area contributed by atoms with Gasteiger partial charge in [-0.05, 0) is 29.0 Å². The van der Waals surface area contributed by atoms with Crippen LogP contribution in [0.2, 0.25) is 0 Å². The van der Waals surface area contributed by atoms with Crippen molar-refractivity contribution in [3.8, 4) is 5.75 Å². The van der Waals surface area contributed by atoms with Gasteiger partial charge in [0, 0.05) is 10.0 Å². The molecule has 1 atom stereocenters. The number of rotatable bonds is 1. The molecule has 1 heterocycles. The number of halogens is 1. The Kier molecular flexibility index (Phi) is 3.23. The molecule has 22 heavy (non-hydrogen) atoms. The van der Waals surface area contributed by atoms with Crippen LogP contribution in [0.4, 0.5) is 0 Å². The van der Waals surface area contributed by atoms with Crippen molar-refractivity contribution in [1.29, 1.82) is 0 Å². The summed E-state index contributed by atoms with van der Waals surface area (Å²) in [6.45, 7) is 0. The van der Waals surface area contributed by atoms with Crippen molar-refractivity contribution in [3.63, 3.8) is 0 Å². The Morgan fingerprint density at radius 1 is 0.955 bits per heavy atom. The lowest BCUT2D eigenvalue weighted by Gasteiger charge is -2.27. The fraction of sp³-hybridized carbons (Fsp3) is 0.105. The number of hydrogen-bond donors (Lipinski definition) is 0. The molecule has 0 radical (unpaired) electrons. The van der Waals surface area contributed by atoms with E-state index in [4.69, 9.17) is 4.74 Å². The van der Waals surface area contributed by atoms with E-state index < -0.39 is 0 Å². The molecule has 0 bridgehead atoms. The third-order valence-electron chi connectivity index (χ3n) is 4.07. The quantitative estimate of drug-likeness (QED) is 0.593. The van der Waals surface area contributed by atoms with Crippen molar-refractivity contribution in [2.24, 2.45) is 0 Å². The van der Waals surface area contributed by atoms with Crippen LogP contribution in [0.5, 0.6) is 5.75 Å². The lowest BCUT2D eigenvalue weighted by atomic mass is 9.93. The second kappa shape index (κ2) is 5.25. The molecule has 1 aliphatic heterocycles. The van der Waals surface area contributed by atoms with Gasteiger partial charge in [-0.25, -0.2) is 0 Å². The summed E-state index contributed by atoms with van der Waals surface area (Å²) in [5.74, 6) is 0.801. The van der Waals surface area contributed by atoms with Gasteiger partial charge >= 0.3 is 0 Å². The van der Waals surface area contributed by atoms with E-state index in [-0.39, 0.29) is 11.9 Å². The summed E-state index contributed by atoms with van der Waals surface area (Å²) >= 11 is 3.62. The summed E-state index contributed by atoms with van der Waals surface area (Å²) in [7, 11) is 0. The number of benzene rings is 3. The highest BCUT2D eigenvalue weighted by molar-refractivity contribution is 9.10. The first kappa shape index (κ1) is 13.5. The largest absolute Gasteiger partial charge is 0.484 e. The number of ether oxygens (including phenoxy) is 1. The lowest BCUT2D eigenvalue weighted by molar-refractivity contribution is 0.0851. The van der Waals surface area contributed by atoms with E-state index in [1.54, 1.807) is 0 Å². The normalized spacial score (nSPS) is 17.1. The van der Waals surface area contributed by atoms with Crippen LogP contribution in [-0.2, 0) is 0 Å². The first-order chi connectivity index (χ1) is 10.7. The monoisotopic (exact) mass is 352 g/mol. The Bertz CT molecular complexity index is 885. The van der Waals surface area contributed by atoms with Crippen molar-refractivity contribution in [2.75, 3.05) is 0 Å². The SMILES string of the molecule is O=C1CC(c2c(Br)ccc3ccccc23)Oc2ccccc21. The van der Waals surface area contributed by atoms with Gasteiger partial charge in [-0.2, -0.15) is 0 Å². The maximum atomic E-state index is 12.4. The first-order valence-corrected chi connectivity index (χ1v) is 7.99. The third kappa shape index (κ3) is 2.13. The molecule has 1 unspecified atom stereocenters. The van der Waals surface area contributed by atoms with Gasteiger partial charge < -0.3 is 4.74 Å². The zero-order valence-electron chi connectivity index (χ0n) is 11.8. The Hall–Kier alpha value is -2.13. The van der Waals surface area contributed by atoms with Crippen LogP contribution in [0.15, 0.2) is 65.1 Å². The van der Waals surface area contributed by atoms with Crippen molar-refractivity contribution < 1.29 is 9.53 Å². The number of para-hydroxylation sites is 1. The number of fused-ring (bicyclic) bond motifs is 2. The summed E-state index contributed by atoms with van der Waals surface area (Å²) < 4.78 is 7.10. The molecule has 0 N–H and O–H groups in total. The van der Waals surface area contributed by atoms with E-state index in [0.29, 0.717) is 17.7 Å². The van der Waals surface area contributed by atoms with Gasteiger partial charge in [0.1, 0.15) is 11.9 Å². The summed E-state index contributed by atoms with van der Waals surface area (Å²) in [5.41, 5.74) is 1.72. The maximum absolute atomic E-state index is 12.4. The summed E-state index contributed by atoms with van der Waals surface area (Å²) in [6, 6.07) is 19.7. The van der Waals surface area contributed by atoms with Crippen LogP contribution < -0.4 is 4.74 Å². The minimum Gasteiger partial charge on any atom is -0.484 e. The van der Waals surface area contributed by atoms with E-state index >= 15 is 0 Å². The summed E-state index contributed by atoms with van der Waals surface area (Å²) in [4.78, 5) is 12.4. The molecule has 0 saturated carbocycles. The highest BCUT2D eigenvalue weighted by atomic mass is 79.9. The molecule has 0 saturated heterocycles. The van der Waals surface area contributed by atoms with E-state index in [2.05, 4.69) is 34.1 Å². The Labute approximate surface area is 136 Å². The van der Waals surface area contributed by atoms with E-state index in [9.17, 15) is 4.79 Å². The molecule has 3 heteroatoms. The van der Waals surface area contributed by atoms with Crippen LogP contribution in [0.25, 0.3) is 10.8 Å². The second-order valence-electron chi connectivity index (χ2n) is 5.41. The number of carbonyl (C=O) groups excluding carboxylic acids is 1. The first-order valence-electron chi connectivity index (χ1n) is 7.20. The highest BCUT2D eigenvalue weighted by Gasteiger charge is 2.29. The summed E-state index contributed by atoms with van der Waals surface area (Å²) in [5, 5.41) is 2.27. The number of carbonyl (C=O) groups is 1. The van der Waals surface area contributed by atoms with Gasteiger partial charge in [-0.15, -0.1) is 0 Å². The van der Waals surface area contributed by atoms with Crippen molar-refractivity contribution >= 4 is 32.5 Å². The van der Waals surface area contributed by atoms with Crippen molar-refractivity contribution in [2.45, 2.75) is 12.5 Å². The van der Waals surface area contributed by atoms with Crippen molar-refractivity contribution in [1.82, 2.24) is 0 Å². The molecule has 3 aromatic rings. The van der Waals surface area contributed by atoms with E-state index in [1.165, 1.54) is 0 Å². The van der Waals surface area contributed by atoms with Crippen LogP contribution in [0.1, 0.15) is 28.4 Å². The van der Waals surface area contributed by atoms with Gasteiger partial charge in [0.15, 0.2) is 5.78 Å². The van der Waals surface area contributed by atoms with Gasteiger partial charge in [0.05, 0.1) is 12.0 Å². The molecular formula is C19H13BrO2. The highest BCUT2D eigenvalue weighted by Crippen LogP contribution is 2.40. The predicted octanol–water partition coefficient (Wildman–Crippen LogP) is 5.31. The van der Waals surface area contributed by atoms with E-state index in [1.807, 2.05) is 42.5 Å². The van der Waals surface area contributed by atoms with Crippen molar-refractivity contribution in [3.05, 3.63) is 76.3 Å². The second-order valence-corrected chi connectivity index (χ2v) is 6.27. The van der Waals surface area contributed by atoms with Gasteiger partial charge in [0.25, 0.3) is 0 Å². The molecular weight excluding hydrogens is 340 g/mol. The van der Waals surface area contributed by atoms with Crippen LogP contribution in [-0.4, -0.2) is 5.78 Å². The smallest absolute Gasteiger partial charge is 0.170 e. The molecule has 0 spiro atoms. The van der Waals surface area contributed by atoms with Crippen LogP contribution in [0, 0.1) is 0 Å². The molecule has 3 aromatic carbocycles. The minimum absolute atomic E-state index is 0.131. The molecule has 0 fully saturated rings. The Balaban J connectivity index is 1.87. The molecule has 0 aromatic heterocycles. The zero-order valence-corrected chi connectivity index (χ0v) is 13.3. The topological polar surface area (TPSA) is 26.3 Å². The molecule has 4 rings (SSSR count). The number of ketones is 1. The fourth-order valence-electron chi connectivity index (χ4n) is 3.03. The van der Waals surface area contributed by atoms with Gasteiger partial charge in [0.2, 0.25) is 0 Å². The number of Topliss-reactive ketones (excluding diaryl/α,β-unsaturated/α-hetero) is 1. The van der Waals surface area contributed by atoms with E-state index in [0.717, 1.165) is 20.8 Å². The fourth-order valence-corrected chi connectivity index (χ4v) is 3.63. The third-order valence-corrected chi connectivity index (χ3v) is 4.76. The maximum Gasteiger partial charge on any atom is 0.170 e. The zero-order chi connectivity index (χ0) is 15.1. The molecule has 2 nitrogen and oxygen atoms in total. The number of hydrogen-bond acceptors (Lipinski definition) is 2. The standard InChI is InChI=1S/C19H13BrO2/c20-15-10-9-12-5-1-2-6-13(12)19(15)18-11-16(21)14-7-3-4-8-17(14)22-18/h1-10,18H,11H2. The average Bonchev–Trinajstić information content (AvgIpc) is 2.54. The molecule has 1 aliphatic rings. The lowest BCUT2D eigenvalue weighted by Crippen LogP contribution is -2.20. The van der Waals surface area contributed by atoms with Crippen LogP contribution in [0.3, 0.4) is 0 Å². The Morgan fingerprint density at radius 2 is 1.73 bits per heavy atom.